The molecule has 66 valence electrons. The number of aromatic carboxylic acids is 1. The van der Waals surface area contributed by atoms with Gasteiger partial charge in [-0.1, -0.05) is 0 Å². The molecule has 0 aliphatic carbocycles. The van der Waals surface area contributed by atoms with Crippen molar-refractivity contribution in [2.45, 2.75) is 11.8 Å². The Morgan fingerprint density at radius 1 is 1.62 bits per heavy atom. The Morgan fingerprint density at radius 2 is 2.23 bits per heavy atom. The number of hydrogen-bond donors (Lipinski definition) is 2. The average molecular weight is 193 g/mol. The zero-order valence-electron chi connectivity index (χ0n) is 6.90. The zero-order valence-corrected chi connectivity index (χ0v) is 7.80. The lowest BCUT2D eigenvalue weighted by Gasteiger charge is -2.04. The number of benzene rings is 1. The lowest BCUT2D eigenvalue weighted by Crippen LogP contribution is -2.00. The highest BCUT2D eigenvalue weighted by Crippen LogP contribution is 2.21. The Hall–Kier alpha value is -1.47. The van der Waals surface area contributed by atoms with E-state index in [1.54, 1.807) is 6.92 Å². The van der Waals surface area contributed by atoms with E-state index < -0.39 is 5.97 Å². The number of thiol groups is 1. The maximum Gasteiger partial charge on any atom is 0.336 e. The van der Waals surface area contributed by atoms with E-state index in [0.717, 1.165) is 0 Å². The minimum atomic E-state index is -1.03. The van der Waals surface area contributed by atoms with Gasteiger partial charge in [-0.3, -0.25) is 0 Å². The van der Waals surface area contributed by atoms with Crippen molar-refractivity contribution in [3.63, 3.8) is 0 Å². The van der Waals surface area contributed by atoms with Crippen molar-refractivity contribution in [1.29, 1.82) is 5.26 Å². The fourth-order valence-electron chi connectivity index (χ4n) is 0.994. The first-order chi connectivity index (χ1) is 6.07. The van der Waals surface area contributed by atoms with E-state index in [2.05, 4.69) is 12.6 Å². The first kappa shape index (κ1) is 9.62. The van der Waals surface area contributed by atoms with Crippen LogP contribution in [0.2, 0.25) is 0 Å². The number of carboxylic acid groups (broad SMARTS) is 1. The second kappa shape index (κ2) is 3.50. The summed E-state index contributed by atoms with van der Waals surface area (Å²) in [7, 11) is 0. The molecule has 3 nitrogen and oxygen atoms in total. The molecular weight excluding hydrogens is 186 g/mol. The molecular formula is C9H7NO2S. The largest absolute Gasteiger partial charge is 0.478 e. The van der Waals surface area contributed by atoms with Gasteiger partial charge in [0.25, 0.3) is 0 Å². The van der Waals surface area contributed by atoms with Gasteiger partial charge in [0.05, 0.1) is 17.2 Å². The molecule has 1 rings (SSSR count). The lowest BCUT2D eigenvalue weighted by atomic mass is 10.1. The van der Waals surface area contributed by atoms with Crippen molar-refractivity contribution in [2.24, 2.45) is 0 Å². The second-order valence-electron chi connectivity index (χ2n) is 2.55. The molecule has 1 N–H and O–H groups in total. The summed E-state index contributed by atoms with van der Waals surface area (Å²) in [5, 5.41) is 17.4. The van der Waals surface area contributed by atoms with Crippen LogP contribution in [0.1, 0.15) is 21.5 Å². The summed E-state index contributed by atoms with van der Waals surface area (Å²) in [6.07, 6.45) is 0. The molecule has 0 saturated carbocycles. The molecule has 0 amide bonds. The molecule has 0 unspecified atom stereocenters. The molecule has 0 aromatic heterocycles. The van der Waals surface area contributed by atoms with Crippen LogP contribution in [0, 0.1) is 18.3 Å². The fourth-order valence-corrected chi connectivity index (χ4v) is 1.28. The van der Waals surface area contributed by atoms with E-state index >= 15 is 0 Å². The highest BCUT2D eigenvalue weighted by Gasteiger charge is 2.11. The van der Waals surface area contributed by atoms with Crippen LogP contribution in [-0.4, -0.2) is 11.1 Å². The summed E-state index contributed by atoms with van der Waals surface area (Å²) < 4.78 is 0. The molecule has 0 fully saturated rings. The molecule has 1 aromatic rings. The molecule has 13 heavy (non-hydrogen) atoms. The number of hydrogen-bond acceptors (Lipinski definition) is 3. The van der Waals surface area contributed by atoms with Crippen LogP contribution in [0.25, 0.3) is 0 Å². The minimum Gasteiger partial charge on any atom is -0.478 e. The third-order valence-electron chi connectivity index (χ3n) is 1.78. The molecule has 1 aromatic carbocycles. The van der Waals surface area contributed by atoms with Crippen LogP contribution in [0.4, 0.5) is 0 Å². The van der Waals surface area contributed by atoms with E-state index in [4.69, 9.17) is 10.4 Å². The third kappa shape index (κ3) is 1.65. The zero-order chi connectivity index (χ0) is 10.0. The van der Waals surface area contributed by atoms with Crippen LogP contribution in [-0.2, 0) is 0 Å². The molecule has 0 aliphatic rings. The predicted molar refractivity (Wildman–Crippen MR) is 50.1 cm³/mol. The number of carboxylic acids is 1. The van der Waals surface area contributed by atoms with Gasteiger partial charge in [-0.2, -0.15) is 5.26 Å². The van der Waals surface area contributed by atoms with Gasteiger partial charge in [0.15, 0.2) is 0 Å². The van der Waals surface area contributed by atoms with E-state index in [0.29, 0.717) is 16.0 Å². The molecule has 0 atom stereocenters. The van der Waals surface area contributed by atoms with Gasteiger partial charge < -0.3 is 5.11 Å². The minimum absolute atomic E-state index is 0.125. The van der Waals surface area contributed by atoms with Crippen molar-refractivity contribution >= 4 is 18.6 Å². The summed E-state index contributed by atoms with van der Waals surface area (Å²) >= 11 is 4.04. The van der Waals surface area contributed by atoms with E-state index in [9.17, 15) is 4.79 Å². The summed E-state index contributed by atoms with van der Waals surface area (Å²) in [4.78, 5) is 11.0. The quantitative estimate of drug-likeness (QED) is 0.669. The topological polar surface area (TPSA) is 61.1 Å². The van der Waals surface area contributed by atoms with Gasteiger partial charge in [-0.05, 0) is 24.6 Å². The maximum absolute atomic E-state index is 10.6. The first-order valence-electron chi connectivity index (χ1n) is 3.54. The summed E-state index contributed by atoms with van der Waals surface area (Å²) in [5.74, 6) is -1.03. The van der Waals surface area contributed by atoms with E-state index in [1.165, 1.54) is 12.1 Å². The van der Waals surface area contributed by atoms with Gasteiger partial charge >= 0.3 is 5.97 Å². The van der Waals surface area contributed by atoms with Gasteiger partial charge in [0.1, 0.15) is 0 Å². The third-order valence-corrected chi connectivity index (χ3v) is 2.36. The Balaban J connectivity index is 3.42. The summed E-state index contributed by atoms with van der Waals surface area (Å²) in [5.41, 5.74) is 1.18. The number of nitriles is 1. The van der Waals surface area contributed by atoms with Crippen molar-refractivity contribution < 1.29 is 9.90 Å². The smallest absolute Gasteiger partial charge is 0.336 e. The van der Waals surface area contributed by atoms with Crippen LogP contribution in [0.5, 0.6) is 0 Å². The molecule has 0 radical (unpaired) electrons. The van der Waals surface area contributed by atoms with Crippen molar-refractivity contribution in [3.8, 4) is 6.07 Å². The second-order valence-corrected chi connectivity index (χ2v) is 3.00. The highest BCUT2D eigenvalue weighted by atomic mass is 32.1. The van der Waals surface area contributed by atoms with E-state index in [1.807, 2.05) is 6.07 Å². The molecule has 0 spiro atoms. The maximum atomic E-state index is 10.6. The van der Waals surface area contributed by atoms with Crippen LogP contribution in [0.15, 0.2) is 17.0 Å². The highest BCUT2D eigenvalue weighted by molar-refractivity contribution is 7.80. The Morgan fingerprint density at radius 3 is 2.69 bits per heavy atom. The van der Waals surface area contributed by atoms with Crippen molar-refractivity contribution in [2.75, 3.05) is 0 Å². The van der Waals surface area contributed by atoms with Crippen molar-refractivity contribution in [1.82, 2.24) is 0 Å². The van der Waals surface area contributed by atoms with Crippen LogP contribution < -0.4 is 0 Å². The molecule has 0 aliphatic heterocycles. The summed E-state index contributed by atoms with van der Waals surface area (Å²) in [6.45, 7) is 1.67. The predicted octanol–water partition coefficient (Wildman–Crippen LogP) is 1.85. The molecule has 0 saturated heterocycles. The molecule has 0 heterocycles. The van der Waals surface area contributed by atoms with Crippen LogP contribution in [0.3, 0.4) is 0 Å². The van der Waals surface area contributed by atoms with Gasteiger partial charge in [0.2, 0.25) is 0 Å². The Labute approximate surface area is 81.0 Å². The Kier molecular flexibility index (Phi) is 2.59. The van der Waals surface area contributed by atoms with E-state index in [-0.39, 0.29) is 5.56 Å². The SMILES string of the molecule is Cc1c(C#N)ccc(C(=O)O)c1S. The number of rotatable bonds is 1. The lowest BCUT2D eigenvalue weighted by molar-refractivity contribution is 0.0693. The Bertz CT molecular complexity index is 407. The average Bonchev–Trinajstić information content (AvgIpc) is 2.09. The van der Waals surface area contributed by atoms with Gasteiger partial charge in [-0.15, -0.1) is 12.6 Å². The number of nitrogens with zero attached hydrogens (tertiary/aromatic N) is 1. The van der Waals surface area contributed by atoms with Crippen molar-refractivity contribution in [3.05, 3.63) is 28.8 Å². The molecule has 4 heteroatoms. The normalized spacial score (nSPS) is 9.31. The summed E-state index contributed by atoms with van der Waals surface area (Å²) in [6, 6.07) is 4.83. The number of carbonyl (C=O) groups is 1. The van der Waals surface area contributed by atoms with Gasteiger partial charge in [-0.25, -0.2) is 4.79 Å². The molecule has 0 bridgehead atoms. The fraction of sp³-hybridized carbons (Fsp3) is 0.111. The van der Waals surface area contributed by atoms with Crippen LogP contribution >= 0.6 is 12.6 Å². The van der Waals surface area contributed by atoms with Gasteiger partial charge in [0, 0.05) is 4.90 Å². The monoisotopic (exact) mass is 193 g/mol. The standard InChI is InChI=1S/C9H7NO2S/c1-5-6(4-10)2-3-7(8(5)13)9(11)12/h2-3,13H,1H3,(H,11,12). The first-order valence-corrected chi connectivity index (χ1v) is 3.98.